The van der Waals surface area contributed by atoms with E-state index in [1.807, 2.05) is 0 Å². The molecule has 0 amide bonds. The zero-order valence-electron chi connectivity index (χ0n) is 3.58. The Morgan fingerprint density at radius 3 is 1.33 bits per heavy atom. The molecular formula is HCeO4P+. The summed E-state index contributed by atoms with van der Waals surface area (Å²) >= 11 is 0. The molecule has 6 heavy (non-hydrogen) atoms. The van der Waals surface area contributed by atoms with Crippen LogP contribution in [0.15, 0.2) is 0 Å². The van der Waals surface area contributed by atoms with Crippen LogP contribution in [0.1, 0.15) is 1.43 Å². The van der Waals surface area contributed by atoms with Crippen molar-refractivity contribution in [2.45, 2.75) is 0 Å². The molecule has 0 fully saturated rings. The maximum absolute atomic E-state index is 8.55. The average Bonchev–Trinajstić information content (AvgIpc) is 0.722. The van der Waals surface area contributed by atoms with Gasteiger partial charge in [-0.3, -0.25) is 0 Å². The van der Waals surface area contributed by atoms with Crippen molar-refractivity contribution in [3.05, 3.63) is 0 Å². The number of hydrogen-bond donors (Lipinski definition) is 0. The van der Waals surface area contributed by atoms with Crippen LogP contribution in [0.2, 0.25) is 0 Å². The van der Waals surface area contributed by atoms with Crippen molar-refractivity contribution >= 4 is 7.82 Å². The molecule has 0 spiro atoms. The molecule has 0 heterocycles. The van der Waals surface area contributed by atoms with Crippen molar-refractivity contribution in [1.82, 2.24) is 0 Å². The number of rotatable bonds is 0. The first-order chi connectivity index (χ1) is 2.00. The van der Waals surface area contributed by atoms with E-state index in [2.05, 4.69) is 0 Å². The van der Waals surface area contributed by atoms with E-state index in [1.165, 1.54) is 0 Å². The van der Waals surface area contributed by atoms with Crippen molar-refractivity contribution in [2.24, 2.45) is 0 Å². The van der Waals surface area contributed by atoms with Gasteiger partial charge in [-0.1, -0.05) is 0 Å². The van der Waals surface area contributed by atoms with Crippen molar-refractivity contribution in [2.75, 3.05) is 0 Å². The van der Waals surface area contributed by atoms with Crippen molar-refractivity contribution in [3.63, 3.8) is 0 Å². The monoisotopic (exact) mass is 236 g/mol. The van der Waals surface area contributed by atoms with Crippen LogP contribution in [0, 0.1) is 41.7 Å². The second-order valence-electron chi connectivity index (χ2n) is 0.447. The Morgan fingerprint density at radius 2 is 1.33 bits per heavy atom. The maximum atomic E-state index is 8.55. The van der Waals surface area contributed by atoms with Crippen LogP contribution in [0.3, 0.4) is 0 Å². The van der Waals surface area contributed by atoms with Crippen LogP contribution in [0.5, 0.6) is 0 Å². The smallest absolute Gasteiger partial charge is 0.822 e. The molecule has 1 radical (unpaired) electrons. The Balaban J connectivity index is -0.0000000800. The summed E-state index contributed by atoms with van der Waals surface area (Å²) in [4.78, 5) is 25.6. The molecule has 4 nitrogen and oxygen atoms in total. The molecule has 0 unspecified atom stereocenters. The van der Waals surface area contributed by atoms with Gasteiger partial charge in [0.1, 0.15) is 0 Å². The topological polar surface area (TPSA) is 86.2 Å². The van der Waals surface area contributed by atoms with E-state index in [0.29, 0.717) is 0 Å². The minimum absolute atomic E-state index is 0. The van der Waals surface area contributed by atoms with Gasteiger partial charge in [0.15, 0.2) is 0 Å². The summed E-state index contributed by atoms with van der Waals surface area (Å²) in [7, 11) is -5.39. The van der Waals surface area contributed by atoms with Gasteiger partial charge >= 0.3 is 43.2 Å². The predicted molar refractivity (Wildman–Crippen MR) is 8.72 cm³/mol. The fourth-order valence-corrected chi connectivity index (χ4v) is 0. The Bertz CT molecular complexity index is 57.8. The summed E-state index contributed by atoms with van der Waals surface area (Å²) in [5, 5.41) is 0. The molecule has 6 heteroatoms. The van der Waals surface area contributed by atoms with Crippen LogP contribution in [-0.2, 0) is 4.57 Å². The van der Waals surface area contributed by atoms with E-state index in [9.17, 15) is 0 Å². The second kappa shape index (κ2) is 3.48. The van der Waals surface area contributed by atoms with Crippen LogP contribution < -0.4 is 14.7 Å². The maximum Gasteiger partial charge on any atom is 3.00 e. The van der Waals surface area contributed by atoms with Gasteiger partial charge < -0.3 is 19.2 Å². The van der Waals surface area contributed by atoms with Gasteiger partial charge in [-0.15, -0.1) is 0 Å². The van der Waals surface area contributed by atoms with E-state index in [1.54, 1.807) is 0 Å². The van der Waals surface area contributed by atoms with Gasteiger partial charge in [0.2, 0.25) is 0 Å². The molecule has 0 aliphatic rings. The Hall–Kier alpha value is 1.49. The van der Waals surface area contributed by atoms with Crippen molar-refractivity contribution in [1.29, 1.82) is 0 Å². The third-order valence-corrected chi connectivity index (χ3v) is 0. The van der Waals surface area contributed by atoms with Gasteiger partial charge in [-0.25, -0.2) is 0 Å². The molecule has 0 saturated carbocycles. The number of phosphoric acid groups is 1. The third-order valence-electron chi connectivity index (χ3n) is 0. The SMILES string of the molecule is O=P([O-])([O-])[O-].[Ce+3].[H+]. The summed E-state index contributed by atoms with van der Waals surface area (Å²) in [6.45, 7) is 0. The van der Waals surface area contributed by atoms with Gasteiger partial charge in [0, 0.05) is 0 Å². The molecule has 0 aliphatic heterocycles. The summed E-state index contributed by atoms with van der Waals surface area (Å²) in [5.74, 6) is 0. The van der Waals surface area contributed by atoms with E-state index in [-0.39, 0.29) is 43.2 Å². The van der Waals surface area contributed by atoms with E-state index >= 15 is 0 Å². The van der Waals surface area contributed by atoms with E-state index in [4.69, 9.17) is 19.2 Å². The molecule has 0 aliphatic carbocycles. The van der Waals surface area contributed by atoms with Crippen LogP contribution in [0.25, 0.3) is 0 Å². The first-order valence-corrected chi connectivity index (χ1v) is 2.19. The molecule has 0 bridgehead atoms. The van der Waals surface area contributed by atoms with E-state index < -0.39 is 7.82 Å². The molecule has 0 atom stereocenters. The minimum Gasteiger partial charge on any atom is -0.822 e. The third kappa shape index (κ3) is 50.0. The summed E-state index contributed by atoms with van der Waals surface area (Å²) in [6, 6.07) is 0. The van der Waals surface area contributed by atoms with E-state index in [0.717, 1.165) is 0 Å². The minimum atomic E-state index is -5.39. The van der Waals surface area contributed by atoms with Crippen molar-refractivity contribution in [3.8, 4) is 0 Å². The Morgan fingerprint density at radius 1 is 1.33 bits per heavy atom. The molecule has 0 aromatic heterocycles. The van der Waals surface area contributed by atoms with Gasteiger partial charge in [-0.2, -0.15) is 7.82 Å². The quantitative estimate of drug-likeness (QED) is 0.428. The normalized spacial score (nSPS) is 9.83. The Kier molecular flexibility index (Phi) is 6.08. The first-order valence-electron chi connectivity index (χ1n) is 0.730. The fourth-order valence-electron chi connectivity index (χ4n) is 0. The molecule has 33 valence electrons. The predicted octanol–water partition coefficient (Wildman–Crippen LogP) is -2.71. The molecule has 0 rings (SSSR count). The largest absolute Gasteiger partial charge is 3.00 e. The fraction of sp³-hybridized carbons (Fsp3) is 0. The number of hydrogen-bond acceptors (Lipinski definition) is 4. The zero-order valence-corrected chi connectivity index (χ0v) is 6.61. The van der Waals surface area contributed by atoms with Crippen molar-refractivity contribution < 1.29 is 62.4 Å². The second-order valence-corrected chi connectivity index (χ2v) is 1.34. The molecule has 0 N–H and O–H groups in total. The Labute approximate surface area is 69.7 Å². The van der Waals surface area contributed by atoms with Gasteiger partial charge in [-0.05, 0) is 0 Å². The zero-order chi connectivity index (χ0) is 4.50. The summed E-state index contributed by atoms with van der Waals surface area (Å²) in [6.07, 6.45) is 0. The van der Waals surface area contributed by atoms with Gasteiger partial charge in [0.05, 0.1) is 0 Å². The summed E-state index contributed by atoms with van der Waals surface area (Å²) in [5.41, 5.74) is 0. The summed E-state index contributed by atoms with van der Waals surface area (Å²) < 4.78 is 8.55. The molecule has 0 aromatic carbocycles. The average molecular weight is 236 g/mol. The van der Waals surface area contributed by atoms with Crippen LogP contribution in [-0.4, -0.2) is 0 Å². The first kappa shape index (κ1) is 10.5. The molecule has 0 aromatic rings. The molecular weight excluding hydrogens is 235 g/mol. The van der Waals surface area contributed by atoms with Crippen LogP contribution in [0.4, 0.5) is 0 Å². The molecule has 0 saturated heterocycles. The van der Waals surface area contributed by atoms with Crippen LogP contribution >= 0.6 is 7.82 Å². The standard InChI is InChI=1S/Ce.H3O4P/c;1-5(2,3)4/h;(H3,1,2,3,4)/q+3;/p-2. The van der Waals surface area contributed by atoms with Gasteiger partial charge in [0.25, 0.3) is 0 Å².